The van der Waals surface area contributed by atoms with Crippen LogP contribution in [-0.2, 0) is 28.7 Å². The number of amides is 1. The molecule has 0 unspecified atom stereocenters. The number of nitrogens with one attached hydrogen (secondary N) is 3. The molecule has 3 saturated heterocycles. The second kappa shape index (κ2) is 29.7. The summed E-state index contributed by atoms with van der Waals surface area (Å²) in [5.41, 5.74) is 7.24. The van der Waals surface area contributed by atoms with E-state index in [1.165, 1.54) is 64.9 Å². The Balaban J connectivity index is 0.000000147. The maximum Gasteiger partial charge on any atom is 0.416 e. The summed E-state index contributed by atoms with van der Waals surface area (Å²) in [6.45, 7) is 15.5. The normalized spacial score (nSPS) is 17.7. The van der Waals surface area contributed by atoms with Gasteiger partial charge in [0.2, 0.25) is 5.91 Å². The molecule has 10 heterocycles. The van der Waals surface area contributed by atoms with Gasteiger partial charge in [0.15, 0.2) is 23.2 Å². The molecule has 3 aliphatic heterocycles. The van der Waals surface area contributed by atoms with Crippen molar-refractivity contribution in [1.29, 1.82) is 0 Å². The number of aliphatic hydroxyl groups is 3. The lowest BCUT2D eigenvalue weighted by molar-refractivity contribution is -0.137. The number of nitrogens with zero attached hydrogens (tertiary/aromatic N) is 17. The fourth-order valence-electron chi connectivity index (χ4n) is 11.2. The molecule has 1 amide bonds. The fraction of sp³-hybridized carbons (Fsp3) is 0.369. The number of alkyl halides is 3. The van der Waals surface area contributed by atoms with Gasteiger partial charge >= 0.3 is 6.18 Å². The average molecular weight is 1340 g/mol. The molecule has 6 N–H and O–H groups in total. The molecule has 25 nitrogen and oxygen atoms in total. The summed E-state index contributed by atoms with van der Waals surface area (Å²) in [5, 5.41) is 54.0. The molecule has 13 rings (SSSR count). The number of ether oxygens (including phenoxy) is 1. The van der Waals surface area contributed by atoms with Gasteiger partial charge in [-0.1, -0.05) is 48.3 Å². The molecule has 0 bridgehead atoms. The van der Waals surface area contributed by atoms with Crippen molar-refractivity contribution < 1.29 is 38.0 Å². The van der Waals surface area contributed by atoms with E-state index in [2.05, 4.69) is 90.0 Å². The predicted octanol–water partition coefficient (Wildman–Crippen LogP) is 9.67. The number of anilines is 6. The molecule has 0 aliphatic carbocycles. The van der Waals surface area contributed by atoms with Crippen LogP contribution in [-0.4, -0.2) is 171 Å². The number of rotatable bonds is 16. The smallest absolute Gasteiger partial charge is 0.392 e. The summed E-state index contributed by atoms with van der Waals surface area (Å²) >= 11 is 12.1. The van der Waals surface area contributed by atoms with Crippen LogP contribution in [0.5, 0.6) is 0 Å². The van der Waals surface area contributed by atoms with E-state index in [-0.39, 0.29) is 35.4 Å². The number of imidazole rings is 1. The second-order valence-electron chi connectivity index (χ2n) is 23.5. The summed E-state index contributed by atoms with van der Waals surface area (Å²) in [5.74, 6) is 3.07. The Bertz CT molecular complexity index is 4270. The van der Waals surface area contributed by atoms with Gasteiger partial charge in [-0.05, 0) is 133 Å². The Morgan fingerprint density at radius 2 is 1.39 bits per heavy atom. The number of benzene rings is 3. The SMILES string of the molecule is CC[C@H]1O[C@@H](n2cnc3c(Nc4ccc(C(F)(F)F)cc4)nc(-n4cc(CO)cn4)nc32)[C@H](O)[C@@H]1O.Cc1cc(C)n(-c2nc(Cc3ccc(Cl)cc3)cc(N3CCCCC3)n2)n1.Cc1cc(C)n(-c2nc(NC(=O)CN3CCN(C)CC3)cc(Nc3cccc(Cl)c3)n2)n1. The molecule has 498 valence electrons. The minimum atomic E-state index is -4.47. The molecule has 0 radical (unpaired) electrons. The number of likely N-dealkylation sites (N-methyl/N-ethyl adjacent to an activating group) is 1. The summed E-state index contributed by atoms with van der Waals surface area (Å²) < 4.78 is 51.0. The first-order valence-corrected chi connectivity index (χ1v) is 31.8. The molecule has 7 aromatic heterocycles. The molecule has 3 fully saturated rings. The Morgan fingerprint density at radius 3 is 2.01 bits per heavy atom. The molecule has 4 atom stereocenters. The van der Waals surface area contributed by atoms with Crippen molar-refractivity contribution in [2.75, 3.05) is 73.7 Å². The largest absolute Gasteiger partial charge is 0.416 e. The van der Waals surface area contributed by atoms with Crippen LogP contribution in [0.4, 0.5) is 47.8 Å². The van der Waals surface area contributed by atoms with Crippen molar-refractivity contribution in [1.82, 2.24) is 78.6 Å². The van der Waals surface area contributed by atoms with Gasteiger partial charge in [0.05, 0.1) is 54.4 Å². The van der Waals surface area contributed by atoms with Crippen molar-refractivity contribution in [3.05, 3.63) is 171 Å². The highest BCUT2D eigenvalue weighted by Gasteiger charge is 2.43. The molecule has 0 spiro atoms. The Kier molecular flexibility index (Phi) is 21.1. The summed E-state index contributed by atoms with van der Waals surface area (Å²) in [7, 11) is 2.09. The highest BCUT2D eigenvalue weighted by atomic mass is 35.5. The van der Waals surface area contributed by atoms with Crippen LogP contribution < -0.4 is 20.9 Å². The van der Waals surface area contributed by atoms with Crippen LogP contribution in [0.2, 0.25) is 10.0 Å². The van der Waals surface area contributed by atoms with Crippen molar-refractivity contribution in [3.8, 4) is 17.8 Å². The van der Waals surface area contributed by atoms with Crippen LogP contribution in [0.3, 0.4) is 0 Å². The molecule has 3 aliphatic rings. The number of piperazine rings is 1. The number of aryl methyl sites for hydroxylation is 4. The zero-order valence-electron chi connectivity index (χ0n) is 53.1. The summed E-state index contributed by atoms with van der Waals surface area (Å²) in [4.78, 5) is 51.6. The maximum absolute atomic E-state index is 13.0. The Hall–Kier alpha value is -9.00. The predicted molar refractivity (Wildman–Crippen MR) is 354 cm³/mol. The van der Waals surface area contributed by atoms with E-state index in [1.807, 2.05) is 81.8 Å². The molecular formula is C65H73Cl2F3N20O5. The third kappa shape index (κ3) is 16.7. The molecule has 3 aromatic carbocycles. The van der Waals surface area contributed by atoms with E-state index in [4.69, 9.17) is 37.9 Å². The third-order valence-electron chi connectivity index (χ3n) is 16.1. The van der Waals surface area contributed by atoms with Crippen molar-refractivity contribution in [2.45, 2.75) is 104 Å². The highest BCUT2D eigenvalue weighted by molar-refractivity contribution is 6.31. The van der Waals surface area contributed by atoms with Crippen molar-refractivity contribution in [2.24, 2.45) is 0 Å². The minimum Gasteiger partial charge on any atom is -0.392 e. The van der Waals surface area contributed by atoms with Gasteiger partial charge in [-0.3, -0.25) is 14.3 Å². The number of hydrogen-bond acceptors (Lipinski definition) is 20. The van der Waals surface area contributed by atoms with Gasteiger partial charge in [-0.25, -0.2) is 24.0 Å². The number of carbonyl (C=O) groups is 1. The first kappa shape index (κ1) is 67.4. The number of fused-ring (bicyclic) bond motifs is 1. The van der Waals surface area contributed by atoms with Crippen LogP contribution in [0.1, 0.15) is 84.0 Å². The second-order valence-corrected chi connectivity index (χ2v) is 24.4. The lowest BCUT2D eigenvalue weighted by Crippen LogP contribution is -2.47. The number of piperidine rings is 1. The zero-order valence-corrected chi connectivity index (χ0v) is 54.6. The van der Waals surface area contributed by atoms with Gasteiger partial charge < -0.3 is 45.8 Å². The summed E-state index contributed by atoms with van der Waals surface area (Å²) in [6, 6.07) is 27.5. The topological polar surface area (TPSA) is 281 Å². The first-order chi connectivity index (χ1) is 45.6. The van der Waals surface area contributed by atoms with E-state index in [1.54, 1.807) is 22.9 Å². The Labute approximate surface area is 555 Å². The van der Waals surface area contributed by atoms with E-state index >= 15 is 0 Å². The quantitative estimate of drug-likeness (QED) is 0.0525. The van der Waals surface area contributed by atoms with E-state index in [9.17, 15) is 33.3 Å². The third-order valence-corrected chi connectivity index (χ3v) is 16.6. The van der Waals surface area contributed by atoms with Gasteiger partial charge in [-0.15, -0.1) is 0 Å². The molecule has 95 heavy (non-hydrogen) atoms. The molecule has 30 heteroatoms. The van der Waals surface area contributed by atoms with E-state index in [0.717, 1.165) is 103 Å². The van der Waals surface area contributed by atoms with Crippen molar-refractivity contribution in [3.63, 3.8) is 0 Å². The monoisotopic (exact) mass is 1340 g/mol. The van der Waals surface area contributed by atoms with E-state index in [0.29, 0.717) is 52.8 Å². The number of aliphatic hydroxyl groups excluding tert-OH is 3. The van der Waals surface area contributed by atoms with Gasteiger partial charge in [0, 0.05) is 102 Å². The maximum atomic E-state index is 13.0. The fourth-order valence-corrected chi connectivity index (χ4v) is 11.5. The molecule has 0 saturated carbocycles. The lowest BCUT2D eigenvalue weighted by atomic mass is 10.1. The number of hydrogen-bond donors (Lipinski definition) is 6. The molecule has 10 aromatic rings. The minimum absolute atomic E-state index is 0.0680. The van der Waals surface area contributed by atoms with Crippen molar-refractivity contribution >= 4 is 74.9 Å². The summed E-state index contributed by atoms with van der Waals surface area (Å²) in [6.07, 6.45) is 0.857. The standard InChI is InChI=1S/C22H27ClN8O.C22H22F3N7O4.C21H24ClN5/c1-15-11-16(2)31(28-15)22-26-19(24-18-6-4-5-17(23)12-18)13-20(27-22)25-21(32)14-30-9-7-29(3)8-10-30;1-2-14-16(34)17(35)20(36-14)31-10-26-15-18(28-13-5-3-12(4-6-13)22(23,24)25)29-21(30-19(15)31)32-8-11(9-33)7-27-32;1-15-12-16(2)27(25-15)21-23-19(13-17-6-8-18(22)9-7-17)14-20(24-21)26-10-4-3-5-11-26/h4-6,11-13H,7-10,14H2,1-3H3,(H2,24,25,26,27,32);3-8,10,14,16-17,20,33-35H,2,9H2,1H3,(H,28,29,30);6-9,12,14H,3-5,10-11,13H2,1-2H3/t;14-,16-,17-,20-;/m.1./s1. The zero-order chi connectivity index (χ0) is 67.1. The van der Waals surface area contributed by atoms with E-state index < -0.39 is 36.3 Å². The average Bonchev–Trinajstić information content (AvgIpc) is 1.66. The number of halogens is 5. The highest BCUT2D eigenvalue weighted by Crippen LogP contribution is 2.36. The van der Waals surface area contributed by atoms with Crippen LogP contribution in [0, 0.1) is 27.7 Å². The lowest BCUT2D eigenvalue weighted by Gasteiger charge is -2.31. The number of carbonyl (C=O) groups excluding carboxylic acids is 1. The first-order valence-electron chi connectivity index (χ1n) is 31.1. The van der Waals surface area contributed by atoms with Gasteiger partial charge in [-0.2, -0.15) is 53.4 Å². The number of aromatic nitrogens is 14. The van der Waals surface area contributed by atoms with Crippen LogP contribution in [0.15, 0.2) is 116 Å². The van der Waals surface area contributed by atoms with Crippen LogP contribution in [0.25, 0.3) is 29.0 Å². The van der Waals surface area contributed by atoms with Gasteiger partial charge in [0.25, 0.3) is 17.8 Å². The van der Waals surface area contributed by atoms with Crippen LogP contribution >= 0.6 is 23.2 Å². The van der Waals surface area contributed by atoms with Gasteiger partial charge in [0.1, 0.15) is 29.7 Å². The Morgan fingerprint density at radius 1 is 0.705 bits per heavy atom. The molecular weight excluding hydrogens is 1270 g/mol.